The Morgan fingerprint density at radius 1 is 1.31 bits per heavy atom. The molecule has 0 saturated heterocycles. The number of hydrogen-bond donors (Lipinski definition) is 0. The zero-order chi connectivity index (χ0) is 11.2. The molecule has 0 aromatic carbocycles. The number of nitrogens with zero attached hydrogens (tertiary/aromatic N) is 4. The Labute approximate surface area is 98.5 Å². The van der Waals surface area contributed by atoms with Crippen LogP contribution in [0.2, 0.25) is 0 Å². The molecule has 0 atom stereocenters. The van der Waals surface area contributed by atoms with Gasteiger partial charge in [0.25, 0.3) is 0 Å². The molecule has 0 spiro atoms. The Kier molecular flexibility index (Phi) is 2.17. The highest BCUT2D eigenvalue weighted by Gasteiger charge is 2.37. The van der Waals surface area contributed by atoms with E-state index in [9.17, 15) is 0 Å². The standard InChI is InChI=1S/C11H14N4S/c1-11(4-3-5-11)9-12-6-8-7-13-10(16-2)14-15(8)9/h6-7H,3-5H2,1-2H3. The highest BCUT2D eigenvalue weighted by atomic mass is 32.2. The Morgan fingerprint density at radius 2 is 2.06 bits per heavy atom. The summed E-state index contributed by atoms with van der Waals surface area (Å²) in [6, 6.07) is 0. The first-order valence-electron chi connectivity index (χ1n) is 5.48. The van der Waals surface area contributed by atoms with Crippen molar-refractivity contribution in [1.82, 2.24) is 19.6 Å². The van der Waals surface area contributed by atoms with Crippen LogP contribution < -0.4 is 0 Å². The van der Waals surface area contributed by atoms with Crippen LogP contribution in [0.25, 0.3) is 5.52 Å². The minimum absolute atomic E-state index is 0.219. The fourth-order valence-electron chi connectivity index (χ4n) is 2.22. The summed E-state index contributed by atoms with van der Waals surface area (Å²) in [7, 11) is 0. The fourth-order valence-corrected chi connectivity index (χ4v) is 2.54. The molecule has 5 heteroatoms. The van der Waals surface area contributed by atoms with E-state index >= 15 is 0 Å². The van der Waals surface area contributed by atoms with Gasteiger partial charge in [-0.05, 0) is 19.1 Å². The van der Waals surface area contributed by atoms with Crippen LogP contribution in [0.15, 0.2) is 17.6 Å². The largest absolute Gasteiger partial charge is 0.238 e. The molecule has 0 N–H and O–H groups in total. The molecule has 2 heterocycles. The predicted molar refractivity (Wildman–Crippen MR) is 63.8 cm³/mol. The first kappa shape index (κ1) is 10.1. The molecule has 0 radical (unpaired) electrons. The second-order valence-electron chi connectivity index (χ2n) is 4.58. The average molecular weight is 234 g/mol. The third-order valence-electron chi connectivity index (χ3n) is 3.44. The van der Waals surface area contributed by atoms with Crippen molar-refractivity contribution in [2.75, 3.05) is 6.26 Å². The van der Waals surface area contributed by atoms with E-state index in [4.69, 9.17) is 0 Å². The van der Waals surface area contributed by atoms with Crippen molar-refractivity contribution in [3.63, 3.8) is 0 Å². The lowest BCUT2D eigenvalue weighted by molar-refractivity contribution is 0.252. The summed E-state index contributed by atoms with van der Waals surface area (Å²) in [6.45, 7) is 2.27. The Balaban J connectivity index is 2.17. The van der Waals surface area contributed by atoms with Gasteiger partial charge in [-0.25, -0.2) is 14.5 Å². The van der Waals surface area contributed by atoms with E-state index in [0.29, 0.717) is 0 Å². The summed E-state index contributed by atoms with van der Waals surface area (Å²) < 4.78 is 1.96. The van der Waals surface area contributed by atoms with Gasteiger partial charge in [-0.1, -0.05) is 25.1 Å². The lowest BCUT2D eigenvalue weighted by Gasteiger charge is -2.36. The molecule has 0 aliphatic heterocycles. The minimum Gasteiger partial charge on any atom is -0.238 e. The highest BCUT2D eigenvalue weighted by molar-refractivity contribution is 7.98. The Morgan fingerprint density at radius 3 is 2.69 bits per heavy atom. The van der Waals surface area contributed by atoms with Crippen molar-refractivity contribution < 1.29 is 0 Å². The van der Waals surface area contributed by atoms with E-state index in [1.807, 2.05) is 23.2 Å². The van der Waals surface area contributed by atoms with Gasteiger partial charge in [0.1, 0.15) is 11.3 Å². The number of rotatable bonds is 2. The zero-order valence-corrected chi connectivity index (χ0v) is 10.3. The number of aromatic nitrogens is 4. The van der Waals surface area contributed by atoms with Gasteiger partial charge in [0.05, 0.1) is 12.4 Å². The van der Waals surface area contributed by atoms with Crippen molar-refractivity contribution in [2.45, 2.75) is 36.8 Å². The van der Waals surface area contributed by atoms with Gasteiger partial charge in [-0.3, -0.25) is 0 Å². The second kappa shape index (κ2) is 3.45. The minimum atomic E-state index is 0.219. The van der Waals surface area contributed by atoms with Gasteiger partial charge in [0.15, 0.2) is 0 Å². The molecule has 0 unspecified atom stereocenters. The van der Waals surface area contributed by atoms with Gasteiger partial charge < -0.3 is 0 Å². The molecule has 3 rings (SSSR count). The number of fused-ring (bicyclic) bond motifs is 1. The normalized spacial score (nSPS) is 18.6. The maximum atomic E-state index is 4.52. The summed E-state index contributed by atoms with van der Waals surface area (Å²) in [4.78, 5) is 8.77. The smallest absolute Gasteiger partial charge is 0.207 e. The maximum Gasteiger partial charge on any atom is 0.207 e. The molecule has 1 aliphatic carbocycles. The third kappa shape index (κ3) is 1.34. The molecule has 2 aromatic rings. The zero-order valence-electron chi connectivity index (χ0n) is 9.47. The van der Waals surface area contributed by atoms with Crippen LogP contribution in [-0.4, -0.2) is 25.8 Å². The second-order valence-corrected chi connectivity index (χ2v) is 5.35. The van der Waals surface area contributed by atoms with E-state index in [1.165, 1.54) is 19.3 Å². The van der Waals surface area contributed by atoms with Crippen LogP contribution in [0.1, 0.15) is 32.0 Å². The Bertz CT molecular complexity index is 530. The molecule has 0 amide bonds. The van der Waals surface area contributed by atoms with Crippen LogP contribution in [-0.2, 0) is 5.41 Å². The van der Waals surface area contributed by atoms with Crippen molar-refractivity contribution >= 4 is 17.3 Å². The van der Waals surface area contributed by atoms with Crippen LogP contribution in [0.4, 0.5) is 0 Å². The summed E-state index contributed by atoms with van der Waals surface area (Å²) in [5.41, 5.74) is 1.21. The molecule has 2 aromatic heterocycles. The van der Waals surface area contributed by atoms with E-state index in [-0.39, 0.29) is 5.41 Å². The molecule has 1 saturated carbocycles. The van der Waals surface area contributed by atoms with Crippen LogP contribution in [0.5, 0.6) is 0 Å². The maximum absolute atomic E-state index is 4.52. The molecular weight excluding hydrogens is 220 g/mol. The molecule has 1 fully saturated rings. The highest BCUT2D eigenvalue weighted by Crippen LogP contribution is 2.42. The van der Waals surface area contributed by atoms with Crippen molar-refractivity contribution in [3.8, 4) is 0 Å². The van der Waals surface area contributed by atoms with Crippen LogP contribution >= 0.6 is 11.8 Å². The summed E-state index contributed by atoms with van der Waals surface area (Å²) >= 11 is 1.56. The van der Waals surface area contributed by atoms with Crippen molar-refractivity contribution in [1.29, 1.82) is 0 Å². The SMILES string of the molecule is CSc1ncc2cnc(C3(C)CCC3)n2n1. The summed E-state index contributed by atoms with van der Waals surface area (Å²) in [5.74, 6) is 1.09. The van der Waals surface area contributed by atoms with Crippen molar-refractivity contribution in [3.05, 3.63) is 18.2 Å². The fraction of sp³-hybridized carbons (Fsp3) is 0.545. The average Bonchev–Trinajstić information content (AvgIpc) is 2.68. The number of thioether (sulfide) groups is 1. The lowest BCUT2D eigenvalue weighted by Crippen LogP contribution is -2.33. The third-order valence-corrected chi connectivity index (χ3v) is 3.99. The van der Waals surface area contributed by atoms with E-state index in [1.54, 1.807) is 11.8 Å². The summed E-state index contributed by atoms with van der Waals surface area (Å²) in [5, 5.41) is 5.31. The van der Waals surface area contributed by atoms with Gasteiger partial charge >= 0.3 is 0 Å². The Hall–Kier alpha value is -1.10. The molecule has 0 bridgehead atoms. The van der Waals surface area contributed by atoms with E-state index in [2.05, 4.69) is 22.0 Å². The number of imidazole rings is 1. The predicted octanol–water partition coefficient (Wildman–Crippen LogP) is 2.29. The lowest BCUT2D eigenvalue weighted by atomic mass is 9.70. The van der Waals surface area contributed by atoms with Gasteiger partial charge in [-0.15, -0.1) is 5.10 Å². The van der Waals surface area contributed by atoms with Crippen LogP contribution in [0, 0.1) is 0 Å². The van der Waals surface area contributed by atoms with E-state index in [0.717, 1.165) is 16.5 Å². The molecule has 16 heavy (non-hydrogen) atoms. The van der Waals surface area contributed by atoms with Gasteiger partial charge in [-0.2, -0.15) is 0 Å². The topological polar surface area (TPSA) is 43.1 Å². The van der Waals surface area contributed by atoms with E-state index < -0.39 is 0 Å². The van der Waals surface area contributed by atoms with Crippen molar-refractivity contribution in [2.24, 2.45) is 0 Å². The van der Waals surface area contributed by atoms with Gasteiger partial charge in [0.2, 0.25) is 5.16 Å². The first-order valence-corrected chi connectivity index (χ1v) is 6.71. The quantitative estimate of drug-likeness (QED) is 0.748. The number of hydrogen-bond acceptors (Lipinski definition) is 4. The van der Waals surface area contributed by atoms with Gasteiger partial charge in [0, 0.05) is 5.41 Å². The molecule has 1 aliphatic rings. The molecule has 4 nitrogen and oxygen atoms in total. The molecule has 84 valence electrons. The monoisotopic (exact) mass is 234 g/mol. The van der Waals surface area contributed by atoms with Crippen LogP contribution in [0.3, 0.4) is 0 Å². The summed E-state index contributed by atoms with van der Waals surface area (Å²) in [6.07, 6.45) is 9.42. The molecular formula is C11H14N4S. The first-order chi connectivity index (χ1) is 7.73.